The molecule has 1 aliphatic heterocycles. The normalized spacial score (nSPS) is 27.0. The third kappa shape index (κ3) is 2.96. The van der Waals surface area contributed by atoms with E-state index in [2.05, 4.69) is 73.7 Å². The minimum absolute atomic E-state index is 0.0955. The summed E-state index contributed by atoms with van der Waals surface area (Å²) in [5, 5.41) is 2.62. The molecule has 0 radical (unpaired) electrons. The van der Waals surface area contributed by atoms with Crippen LogP contribution in [0, 0.1) is 11.8 Å². The average molecular weight is 373 g/mol. The van der Waals surface area contributed by atoms with Crippen LogP contribution in [-0.2, 0) is 10.2 Å². The SMILES string of the molecule is C=CCC1(C)C(/C=C/C2CCC(C(C)=O)C2)=[N+](C)c2ccc3ccccc3c21. The number of carbonyl (C=O) groups excluding carboxylic acids is 1. The third-order valence-electron chi connectivity index (χ3n) is 6.87. The molecule has 1 heterocycles. The van der Waals surface area contributed by atoms with Gasteiger partial charge in [0.15, 0.2) is 5.71 Å². The summed E-state index contributed by atoms with van der Waals surface area (Å²) in [4.78, 5) is 11.7. The molecular weight excluding hydrogens is 342 g/mol. The fourth-order valence-electron chi connectivity index (χ4n) is 5.33. The molecule has 0 aromatic heterocycles. The fourth-order valence-corrected chi connectivity index (χ4v) is 5.33. The number of nitrogens with zero attached hydrogens (tertiary/aromatic N) is 1. The molecular formula is C26H30NO+. The lowest BCUT2D eigenvalue weighted by atomic mass is 9.74. The maximum absolute atomic E-state index is 11.7. The van der Waals surface area contributed by atoms with Crippen molar-refractivity contribution in [3.63, 3.8) is 0 Å². The summed E-state index contributed by atoms with van der Waals surface area (Å²) in [5.41, 5.74) is 3.92. The van der Waals surface area contributed by atoms with Crippen molar-refractivity contribution in [2.45, 2.75) is 44.9 Å². The van der Waals surface area contributed by atoms with Crippen LogP contribution in [0.15, 0.2) is 61.2 Å². The molecule has 2 aliphatic rings. The van der Waals surface area contributed by atoms with Gasteiger partial charge >= 0.3 is 0 Å². The Morgan fingerprint density at radius 2 is 2.04 bits per heavy atom. The second kappa shape index (κ2) is 7.16. The summed E-state index contributed by atoms with van der Waals surface area (Å²) < 4.78 is 2.35. The van der Waals surface area contributed by atoms with Crippen molar-refractivity contribution < 1.29 is 9.37 Å². The molecule has 144 valence electrons. The lowest BCUT2D eigenvalue weighted by molar-refractivity contribution is -0.401. The van der Waals surface area contributed by atoms with Gasteiger partial charge in [0.2, 0.25) is 5.69 Å². The molecule has 0 saturated heterocycles. The summed E-state index contributed by atoms with van der Waals surface area (Å²) in [7, 11) is 2.18. The van der Waals surface area contributed by atoms with Gasteiger partial charge in [-0.2, -0.15) is 4.58 Å². The number of rotatable bonds is 5. The minimum atomic E-state index is -0.0955. The van der Waals surface area contributed by atoms with Crippen LogP contribution in [0.1, 0.15) is 45.1 Å². The number of Topliss-reactive ketones (excluding diaryl/α,β-unsaturated/α-hetero) is 1. The Bertz CT molecular complexity index is 1010. The highest BCUT2D eigenvalue weighted by Crippen LogP contribution is 2.46. The van der Waals surface area contributed by atoms with Crippen LogP contribution in [0.2, 0.25) is 0 Å². The van der Waals surface area contributed by atoms with E-state index in [0.29, 0.717) is 11.7 Å². The molecule has 2 nitrogen and oxygen atoms in total. The lowest BCUT2D eigenvalue weighted by Gasteiger charge is -2.22. The number of carbonyl (C=O) groups is 1. The first kappa shape index (κ1) is 18.9. The molecule has 1 saturated carbocycles. The molecule has 4 rings (SSSR count). The van der Waals surface area contributed by atoms with Crippen molar-refractivity contribution >= 4 is 28.0 Å². The van der Waals surface area contributed by atoms with Gasteiger partial charge in [-0.1, -0.05) is 36.4 Å². The van der Waals surface area contributed by atoms with E-state index in [1.807, 2.05) is 6.08 Å². The number of hydrogen-bond acceptors (Lipinski definition) is 1. The lowest BCUT2D eigenvalue weighted by Crippen LogP contribution is -2.30. The Balaban J connectivity index is 1.75. The molecule has 2 aromatic rings. The summed E-state index contributed by atoms with van der Waals surface area (Å²) >= 11 is 0. The van der Waals surface area contributed by atoms with Gasteiger partial charge in [0.25, 0.3) is 0 Å². The van der Waals surface area contributed by atoms with Gasteiger partial charge in [-0.25, -0.2) is 0 Å². The standard InChI is InChI=1S/C26H30NO/c1-5-16-26(3)24(15-11-19-10-12-21(17-19)18(2)28)27(4)23-14-13-20-8-6-7-9-22(20)25(23)26/h5-9,11,13-15,19,21H,1,10,12,16-17H2,2-4H3/q+1/b15-11+. The van der Waals surface area contributed by atoms with Gasteiger partial charge in [0.1, 0.15) is 12.8 Å². The molecule has 3 unspecified atom stereocenters. The van der Waals surface area contributed by atoms with Gasteiger partial charge < -0.3 is 0 Å². The minimum Gasteiger partial charge on any atom is -0.300 e. The van der Waals surface area contributed by atoms with Crippen molar-refractivity contribution in [2.75, 3.05) is 7.05 Å². The van der Waals surface area contributed by atoms with Crippen molar-refractivity contribution in [2.24, 2.45) is 11.8 Å². The van der Waals surface area contributed by atoms with Crippen molar-refractivity contribution in [1.82, 2.24) is 0 Å². The molecule has 3 atom stereocenters. The van der Waals surface area contributed by atoms with Crippen molar-refractivity contribution in [3.8, 4) is 0 Å². The van der Waals surface area contributed by atoms with E-state index in [-0.39, 0.29) is 11.3 Å². The zero-order valence-corrected chi connectivity index (χ0v) is 17.2. The highest BCUT2D eigenvalue weighted by atomic mass is 16.1. The zero-order valence-electron chi connectivity index (χ0n) is 17.2. The van der Waals surface area contributed by atoms with E-state index in [1.54, 1.807) is 6.92 Å². The zero-order chi connectivity index (χ0) is 19.9. The van der Waals surface area contributed by atoms with Crippen LogP contribution in [0.4, 0.5) is 5.69 Å². The topological polar surface area (TPSA) is 20.1 Å². The van der Waals surface area contributed by atoms with E-state index in [9.17, 15) is 4.79 Å². The van der Waals surface area contributed by atoms with Crippen LogP contribution >= 0.6 is 0 Å². The van der Waals surface area contributed by atoms with Crippen LogP contribution in [0.25, 0.3) is 10.8 Å². The van der Waals surface area contributed by atoms with Gasteiger partial charge in [0, 0.05) is 23.6 Å². The van der Waals surface area contributed by atoms with Crippen LogP contribution in [0.3, 0.4) is 0 Å². The Morgan fingerprint density at radius 3 is 2.75 bits per heavy atom. The molecule has 2 aromatic carbocycles. The maximum atomic E-state index is 11.7. The van der Waals surface area contributed by atoms with Gasteiger partial charge in [-0.05, 0) is 62.3 Å². The predicted molar refractivity (Wildman–Crippen MR) is 118 cm³/mol. The Morgan fingerprint density at radius 1 is 1.25 bits per heavy atom. The fraction of sp³-hybridized carbons (Fsp3) is 0.385. The number of allylic oxidation sites excluding steroid dienone is 3. The molecule has 0 bridgehead atoms. The van der Waals surface area contributed by atoms with Crippen LogP contribution in [-0.4, -0.2) is 23.1 Å². The predicted octanol–water partition coefficient (Wildman–Crippen LogP) is 5.96. The maximum Gasteiger partial charge on any atom is 0.210 e. The Labute approximate surface area is 168 Å². The van der Waals surface area contributed by atoms with Crippen molar-refractivity contribution in [1.29, 1.82) is 0 Å². The summed E-state index contributed by atoms with van der Waals surface area (Å²) in [6.07, 6.45) is 10.8. The number of hydrogen-bond donors (Lipinski definition) is 0. The van der Waals surface area contributed by atoms with Gasteiger partial charge in [0.05, 0.1) is 5.41 Å². The second-order valence-corrected chi connectivity index (χ2v) is 8.69. The smallest absolute Gasteiger partial charge is 0.210 e. The van der Waals surface area contributed by atoms with E-state index >= 15 is 0 Å². The molecule has 0 spiro atoms. The van der Waals surface area contributed by atoms with E-state index in [1.165, 1.54) is 27.7 Å². The summed E-state index contributed by atoms with van der Waals surface area (Å²) in [6, 6.07) is 13.1. The summed E-state index contributed by atoms with van der Waals surface area (Å²) in [6.45, 7) is 8.13. The highest BCUT2D eigenvalue weighted by molar-refractivity contribution is 6.08. The average Bonchev–Trinajstić information content (AvgIpc) is 3.23. The van der Waals surface area contributed by atoms with E-state index in [4.69, 9.17) is 0 Å². The quantitative estimate of drug-likeness (QED) is 0.468. The first-order valence-electron chi connectivity index (χ1n) is 10.4. The first-order chi connectivity index (χ1) is 13.5. The summed E-state index contributed by atoms with van der Waals surface area (Å²) in [5.74, 6) is 1.10. The molecule has 0 N–H and O–H groups in total. The second-order valence-electron chi connectivity index (χ2n) is 8.69. The Hall–Kier alpha value is -2.48. The molecule has 1 aliphatic carbocycles. The van der Waals surface area contributed by atoms with E-state index in [0.717, 1.165) is 25.7 Å². The van der Waals surface area contributed by atoms with E-state index < -0.39 is 0 Å². The molecule has 28 heavy (non-hydrogen) atoms. The highest BCUT2D eigenvalue weighted by Gasteiger charge is 2.47. The monoisotopic (exact) mass is 372 g/mol. The van der Waals surface area contributed by atoms with Crippen molar-refractivity contribution in [3.05, 3.63) is 66.8 Å². The number of benzene rings is 2. The van der Waals surface area contributed by atoms with Crippen LogP contribution < -0.4 is 0 Å². The molecule has 0 amide bonds. The van der Waals surface area contributed by atoms with Crippen LogP contribution in [0.5, 0.6) is 0 Å². The number of fused-ring (bicyclic) bond motifs is 3. The molecule has 1 fully saturated rings. The number of ketones is 1. The molecule has 2 heteroatoms. The van der Waals surface area contributed by atoms with Gasteiger partial charge in [-0.15, -0.1) is 6.58 Å². The Kier molecular flexibility index (Phi) is 4.82. The first-order valence-corrected chi connectivity index (χ1v) is 10.4. The van der Waals surface area contributed by atoms with Gasteiger partial charge in [-0.3, -0.25) is 4.79 Å². The largest absolute Gasteiger partial charge is 0.300 e. The third-order valence-corrected chi connectivity index (χ3v) is 6.87.